The molecular formula is C20H22N2O5. The van der Waals surface area contributed by atoms with Gasteiger partial charge < -0.3 is 14.8 Å². The second kappa shape index (κ2) is 9.96. The maximum Gasteiger partial charge on any atom is 0.270 e. The number of nitro benzene ring substituents is 1. The summed E-state index contributed by atoms with van der Waals surface area (Å²) in [6.45, 7) is 2.95. The van der Waals surface area contributed by atoms with Crippen molar-refractivity contribution in [1.29, 1.82) is 0 Å². The van der Waals surface area contributed by atoms with Crippen molar-refractivity contribution < 1.29 is 19.2 Å². The Hall–Kier alpha value is -3.35. The van der Waals surface area contributed by atoms with Crippen LogP contribution in [-0.4, -0.2) is 24.5 Å². The summed E-state index contributed by atoms with van der Waals surface area (Å²) in [6, 6.07) is 11.6. The molecule has 0 aliphatic heterocycles. The fourth-order valence-electron chi connectivity index (χ4n) is 2.32. The maximum atomic E-state index is 12.0. The number of rotatable bonds is 9. The van der Waals surface area contributed by atoms with Crippen LogP contribution in [0.15, 0.2) is 48.5 Å². The lowest BCUT2D eigenvalue weighted by molar-refractivity contribution is -0.384. The van der Waals surface area contributed by atoms with E-state index in [0.29, 0.717) is 30.2 Å². The van der Waals surface area contributed by atoms with Crippen LogP contribution in [0.2, 0.25) is 0 Å². The first-order valence-corrected chi connectivity index (χ1v) is 8.53. The van der Waals surface area contributed by atoms with Gasteiger partial charge >= 0.3 is 0 Å². The standard InChI is InChI=1S/C20H22N2O5/c1-3-11-27-18-9-7-16(13-19(18)26-2)14-21-20(23)10-8-15-5-4-6-17(12-15)22(24)25/h4-10,12-13H,3,11,14H2,1-2H3,(H,21,23)/b10-8+. The summed E-state index contributed by atoms with van der Waals surface area (Å²) in [5, 5.41) is 13.5. The van der Waals surface area contributed by atoms with Crippen LogP contribution in [-0.2, 0) is 11.3 Å². The number of nitro groups is 1. The third-order valence-electron chi connectivity index (χ3n) is 3.66. The third kappa shape index (κ3) is 6.14. The van der Waals surface area contributed by atoms with E-state index >= 15 is 0 Å². The first-order chi connectivity index (χ1) is 13.0. The molecule has 0 fully saturated rings. The smallest absolute Gasteiger partial charge is 0.270 e. The van der Waals surface area contributed by atoms with Crippen molar-refractivity contribution in [3.05, 3.63) is 69.8 Å². The molecule has 0 spiro atoms. The molecule has 0 aliphatic rings. The Balaban J connectivity index is 1.95. The number of methoxy groups -OCH3 is 1. The number of carbonyl (C=O) groups excluding carboxylic acids is 1. The summed E-state index contributed by atoms with van der Waals surface area (Å²) in [7, 11) is 1.57. The first-order valence-electron chi connectivity index (χ1n) is 8.53. The Morgan fingerprint density at radius 2 is 2.04 bits per heavy atom. The molecule has 1 N–H and O–H groups in total. The molecule has 0 aliphatic carbocycles. The van der Waals surface area contributed by atoms with E-state index in [9.17, 15) is 14.9 Å². The predicted octanol–water partition coefficient (Wildman–Crippen LogP) is 3.72. The normalized spacial score (nSPS) is 10.6. The summed E-state index contributed by atoms with van der Waals surface area (Å²) in [5.74, 6) is 0.981. The van der Waals surface area contributed by atoms with Gasteiger partial charge in [0.25, 0.3) is 5.69 Å². The van der Waals surface area contributed by atoms with Gasteiger partial charge in [0.1, 0.15) is 0 Å². The lowest BCUT2D eigenvalue weighted by atomic mass is 10.2. The van der Waals surface area contributed by atoms with Gasteiger partial charge in [-0.15, -0.1) is 0 Å². The molecule has 0 heterocycles. The van der Waals surface area contributed by atoms with Crippen LogP contribution < -0.4 is 14.8 Å². The predicted molar refractivity (Wildman–Crippen MR) is 103 cm³/mol. The Bertz CT molecular complexity index is 833. The molecule has 0 aromatic heterocycles. The number of amides is 1. The van der Waals surface area contributed by atoms with Gasteiger partial charge in [0.2, 0.25) is 5.91 Å². The van der Waals surface area contributed by atoms with Gasteiger partial charge in [-0.2, -0.15) is 0 Å². The van der Waals surface area contributed by atoms with E-state index in [2.05, 4.69) is 5.32 Å². The van der Waals surface area contributed by atoms with E-state index in [0.717, 1.165) is 12.0 Å². The average Bonchev–Trinajstić information content (AvgIpc) is 2.69. The molecule has 27 heavy (non-hydrogen) atoms. The van der Waals surface area contributed by atoms with Gasteiger partial charge in [-0.05, 0) is 35.8 Å². The molecule has 0 bridgehead atoms. The topological polar surface area (TPSA) is 90.7 Å². The summed E-state index contributed by atoms with van der Waals surface area (Å²) < 4.78 is 10.9. The van der Waals surface area contributed by atoms with E-state index < -0.39 is 4.92 Å². The van der Waals surface area contributed by atoms with E-state index in [1.54, 1.807) is 19.2 Å². The zero-order valence-electron chi connectivity index (χ0n) is 15.3. The summed E-state index contributed by atoms with van der Waals surface area (Å²) in [4.78, 5) is 22.3. The Kier molecular flexibility index (Phi) is 7.37. The van der Waals surface area contributed by atoms with Crippen molar-refractivity contribution in [1.82, 2.24) is 5.32 Å². The van der Waals surface area contributed by atoms with Gasteiger partial charge in [-0.3, -0.25) is 14.9 Å². The average molecular weight is 370 g/mol. The molecule has 2 aromatic rings. The molecule has 7 nitrogen and oxygen atoms in total. The van der Waals surface area contributed by atoms with E-state index in [4.69, 9.17) is 9.47 Å². The number of carbonyl (C=O) groups is 1. The molecular weight excluding hydrogens is 348 g/mol. The molecule has 2 rings (SSSR count). The monoisotopic (exact) mass is 370 g/mol. The first kappa shape index (κ1) is 20.0. The molecule has 0 unspecified atom stereocenters. The summed E-state index contributed by atoms with van der Waals surface area (Å²) >= 11 is 0. The van der Waals surface area contributed by atoms with Crippen molar-refractivity contribution in [2.75, 3.05) is 13.7 Å². The molecule has 0 radical (unpaired) electrons. The second-order valence-electron chi connectivity index (χ2n) is 5.74. The summed E-state index contributed by atoms with van der Waals surface area (Å²) in [6.07, 6.45) is 3.78. The van der Waals surface area contributed by atoms with E-state index in [1.807, 2.05) is 25.1 Å². The molecule has 0 saturated heterocycles. The molecule has 0 atom stereocenters. The zero-order valence-corrected chi connectivity index (χ0v) is 15.3. The lowest BCUT2D eigenvalue weighted by Gasteiger charge is -2.11. The molecule has 0 saturated carbocycles. The van der Waals surface area contributed by atoms with Crippen LogP contribution in [0.4, 0.5) is 5.69 Å². The van der Waals surface area contributed by atoms with Gasteiger partial charge in [0.05, 0.1) is 18.6 Å². The fraction of sp³-hybridized carbons (Fsp3) is 0.250. The van der Waals surface area contributed by atoms with Gasteiger partial charge in [0.15, 0.2) is 11.5 Å². The van der Waals surface area contributed by atoms with Crippen molar-refractivity contribution in [3.8, 4) is 11.5 Å². The lowest BCUT2D eigenvalue weighted by Crippen LogP contribution is -2.20. The molecule has 142 valence electrons. The molecule has 7 heteroatoms. The van der Waals surface area contributed by atoms with Crippen LogP contribution in [0, 0.1) is 10.1 Å². The van der Waals surface area contributed by atoms with E-state index in [1.165, 1.54) is 24.3 Å². The number of ether oxygens (including phenoxy) is 2. The number of nitrogens with zero attached hydrogens (tertiary/aromatic N) is 1. The Morgan fingerprint density at radius 3 is 2.74 bits per heavy atom. The Morgan fingerprint density at radius 1 is 1.22 bits per heavy atom. The highest BCUT2D eigenvalue weighted by Gasteiger charge is 2.07. The minimum absolute atomic E-state index is 0.0185. The zero-order chi connectivity index (χ0) is 19.6. The van der Waals surface area contributed by atoms with E-state index in [-0.39, 0.29) is 11.6 Å². The van der Waals surface area contributed by atoms with Crippen molar-refractivity contribution >= 4 is 17.7 Å². The van der Waals surface area contributed by atoms with Gasteiger partial charge in [-0.1, -0.05) is 25.1 Å². The highest BCUT2D eigenvalue weighted by Crippen LogP contribution is 2.28. The van der Waals surface area contributed by atoms with Gasteiger partial charge in [-0.25, -0.2) is 0 Å². The third-order valence-corrected chi connectivity index (χ3v) is 3.66. The maximum absolute atomic E-state index is 12.0. The van der Waals surface area contributed by atoms with Crippen LogP contribution in [0.25, 0.3) is 6.08 Å². The van der Waals surface area contributed by atoms with Crippen LogP contribution in [0.1, 0.15) is 24.5 Å². The van der Waals surface area contributed by atoms with Crippen molar-refractivity contribution in [2.24, 2.45) is 0 Å². The van der Waals surface area contributed by atoms with Crippen LogP contribution >= 0.6 is 0 Å². The number of nitrogens with one attached hydrogen (secondary N) is 1. The number of hydrogen-bond acceptors (Lipinski definition) is 5. The number of non-ortho nitro benzene ring substituents is 1. The summed E-state index contributed by atoms with van der Waals surface area (Å²) in [5.41, 5.74) is 1.43. The Labute approximate surface area is 157 Å². The number of benzene rings is 2. The quantitative estimate of drug-likeness (QED) is 0.413. The SMILES string of the molecule is CCCOc1ccc(CNC(=O)/C=C/c2cccc([N+](=O)[O-])c2)cc1OC. The largest absolute Gasteiger partial charge is 0.493 e. The highest BCUT2D eigenvalue weighted by atomic mass is 16.6. The van der Waals surface area contributed by atoms with Gasteiger partial charge in [0, 0.05) is 24.8 Å². The van der Waals surface area contributed by atoms with Crippen molar-refractivity contribution in [2.45, 2.75) is 19.9 Å². The van der Waals surface area contributed by atoms with Crippen LogP contribution in [0.3, 0.4) is 0 Å². The molecule has 1 amide bonds. The fourth-order valence-corrected chi connectivity index (χ4v) is 2.32. The second-order valence-corrected chi connectivity index (χ2v) is 5.74. The van der Waals surface area contributed by atoms with Crippen LogP contribution in [0.5, 0.6) is 11.5 Å². The van der Waals surface area contributed by atoms with Crippen molar-refractivity contribution in [3.63, 3.8) is 0 Å². The molecule has 2 aromatic carbocycles. The number of hydrogen-bond donors (Lipinski definition) is 1. The minimum Gasteiger partial charge on any atom is -0.493 e. The minimum atomic E-state index is -0.474. The highest BCUT2D eigenvalue weighted by molar-refractivity contribution is 5.91.